The van der Waals surface area contributed by atoms with Gasteiger partial charge in [-0.3, -0.25) is 14.0 Å². The van der Waals surface area contributed by atoms with Gasteiger partial charge in [0.05, 0.1) is 12.8 Å². The van der Waals surface area contributed by atoms with Crippen LogP contribution >= 0.6 is 11.3 Å². The number of rotatable bonds is 4. The Labute approximate surface area is 176 Å². The molecule has 0 spiro atoms. The molecular formula is C21H21N5O3S. The Kier molecular flexibility index (Phi) is 4.66. The molecule has 9 heteroatoms. The summed E-state index contributed by atoms with van der Waals surface area (Å²) >= 11 is 1.56. The number of carbonyl (C=O) groups excluding carboxylic acids is 1. The molecular weight excluding hydrogens is 402 g/mol. The van der Waals surface area contributed by atoms with E-state index in [1.54, 1.807) is 34.1 Å². The fourth-order valence-electron chi connectivity index (χ4n) is 3.95. The molecule has 0 unspecified atom stereocenters. The quantitative estimate of drug-likeness (QED) is 0.503. The first kappa shape index (κ1) is 18.7. The Morgan fingerprint density at radius 3 is 2.77 bits per heavy atom. The topological polar surface area (TPSA) is 72.1 Å². The molecule has 154 valence electrons. The monoisotopic (exact) mass is 423 g/mol. The van der Waals surface area contributed by atoms with Gasteiger partial charge in [-0.2, -0.15) is 5.10 Å². The maximum absolute atomic E-state index is 12.8. The third-order valence-electron chi connectivity index (χ3n) is 5.55. The maximum atomic E-state index is 12.8. The Morgan fingerprint density at radius 2 is 1.97 bits per heavy atom. The third-order valence-corrected chi connectivity index (χ3v) is 6.48. The number of fused-ring (bicyclic) bond motifs is 3. The van der Waals surface area contributed by atoms with Gasteiger partial charge in [0.15, 0.2) is 0 Å². The first-order chi connectivity index (χ1) is 14.7. The zero-order valence-corrected chi connectivity index (χ0v) is 17.3. The van der Waals surface area contributed by atoms with Crippen molar-refractivity contribution in [2.24, 2.45) is 0 Å². The molecule has 4 heterocycles. The fourth-order valence-corrected chi connectivity index (χ4v) is 4.82. The van der Waals surface area contributed by atoms with Crippen LogP contribution in [0.15, 0.2) is 52.9 Å². The second-order valence-electron chi connectivity index (χ2n) is 7.21. The van der Waals surface area contributed by atoms with Crippen LogP contribution in [0.4, 0.5) is 5.69 Å². The van der Waals surface area contributed by atoms with Crippen molar-refractivity contribution in [2.75, 3.05) is 38.2 Å². The summed E-state index contributed by atoms with van der Waals surface area (Å²) in [6.45, 7) is 2.55. The molecule has 0 radical (unpaired) electrons. The average Bonchev–Trinajstić information content (AvgIpc) is 3.38. The minimum atomic E-state index is -0.248. The smallest absolute Gasteiger partial charge is 0.291 e. The third kappa shape index (κ3) is 3.11. The number of piperazine rings is 1. The normalized spacial score (nSPS) is 14.6. The van der Waals surface area contributed by atoms with Gasteiger partial charge in [0.2, 0.25) is 5.91 Å². The standard InChI is InChI=1S/C21H21N5O3S/c1-29-18-5-3-2-4-16(18)23-7-9-24(10-8-23)19(27)13-26-20(28)17-12-15-6-11-30-21(15)25(17)14-22-26/h2-6,11-12,14H,7-10,13H2,1H3. The van der Waals surface area contributed by atoms with Crippen LogP contribution in [0, 0.1) is 0 Å². The van der Waals surface area contributed by atoms with Gasteiger partial charge in [0, 0.05) is 31.6 Å². The van der Waals surface area contributed by atoms with Crippen molar-refractivity contribution in [3.63, 3.8) is 0 Å². The number of nitrogens with zero attached hydrogens (tertiary/aromatic N) is 5. The first-order valence-corrected chi connectivity index (χ1v) is 10.6. The highest BCUT2D eigenvalue weighted by Gasteiger charge is 2.23. The summed E-state index contributed by atoms with van der Waals surface area (Å²) < 4.78 is 8.49. The lowest BCUT2D eigenvalue weighted by atomic mass is 10.2. The van der Waals surface area contributed by atoms with Gasteiger partial charge in [-0.1, -0.05) is 12.1 Å². The zero-order valence-electron chi connectivity index (χ0n) is 16.5. The Morgan fingerprint density at radius 1 is 1.17 bits per heavy atom. The molecule has 0 saturated carbocycles. The first-order valence-electron chi connectivity index (χ1n) is 9.76. The van der Waals surface area contributed by atoms with Crippen molar-refractivity contribution in [2.45, 2.75) is 6.54 Å². The highest BCUT2D eigenvalue weighted by atomic mass is 32.1. The van der Waals surface area contributed by atoms with E-state index in [9.17, 15) is 9.59 Å². The number of anilines is 1. The summed E-state index contributed by atoms with van der Waals surface area (Å²) in [5.74, 6) is 0.732. The molecule has 1 aromatic carbocycles. The van der Waals surface area contributed by atoms with Crippen molar-refractivity contribution in [3.05, 3.63) is 58.5 Å². The SMILES string of the molecule is COc1ccccc1N1CCN(C(=O)Cn2ncn3c(cc4ccsc43)c2=O)CC1. The molecule has 1 fully saturated rings. The molecule has 3 aromatic heterocycles. The molecule has 0 bridgehead atoms. The molecule has 30 heavy (non-hydrogen) atoms. The van der Waals surface area contributed by atoms with Crippen molar-refractivity contribution in [1.29, 1.82) is 0 Å². The minimum absolute atomic E-state index is 0.0528. The van der Waals surface area contributed by atoms with Gasteiger partial charge < -0.3 is 14.5 Å². The van der Waals surface area contributed by atoms with Gasteiger partial charge in [-0.25, -0.2) is 4.68 Å². The van der Waals surface area contributed by atoms with E-state index >= 15 is 0 Å². The minimum Gasteiger partial charge on any atom is -0.495 e. The second-order valence-corrected chi connectivity index (χ2v) is 8.11. The van der Waals surface area contributed by atoms with Gasteiger partial charge >= 0.3 is 0 Å². The molecule has 8 nitrogen and oxygen atoms in total. The summed E-state index contributed by atoms with van der Waals surface area (Å²) in [5, 5.41) is 7.22. The summed E-state index contributed by atoms with van der Waals surface area (Å²) in [6.07, 6.45) is 1.61. The molecule has 0 atom stereocenters. The van der Waals surface area contributed by atoms with Gasteiger partial charge in [0.25, 0.3) is 5.56 Å². The Hall–Kier alpha value is -3.33. The van der Waals surface area contributed by atoms with E-state index in [4.69, 9.17) is 4.74 Å². The molecule has 1 aliphatic rings. The number of hydrogen-bond donors (Lipinski definition) is 0. The lowest BCUT2D eigenvalue weighted by Gasteiger charge is -2.36. The number of carbonyl (C=O) groups is 1. The number of para-hydroxylation sites is 2. The molecule has 1 amide bonds. The number of amides is 1. The number of aromatic nitrogens is 3. The average molecular weight is 423 g/mol. The van der Waals surface area contributed by atoms with Crippen LogP contribution in [0.5, 0.6) is 5.75 Å². The van der Waals surface area contributed by atoms with E-state index in [1.807, 2.05) is 41.8 Å². The van der Waals surface area contributed by atoms with E-state index in [2.05, 4.69) is 10.00 Å². The number of methoxy groups -OCH3 is 1. The van der Waals surface area contributed by atoms with Crippen LogP contribution in [0.25, 0.3) is 15.7 Å². The van der Waals surface area contributed by atoms with Crippen molar-refractivity contribution >= 4 is 38.7 Å². The van der Waals surface area contributed by atoms with E-state index in [0.29, 0.717) is 31.7 Å². The Balaban J connectivity index is 1.29. The van der Waals surface area contributed by atoms with Crippen molar-refractivity contribution in [1.82, 2.24) is 19.1 Å². The molecule has 5 rings (SSSR count). The summed E-state index contributed by atoms with van der Waals surface area (Å²) in [6, 6.07) is 11.7. The number of thiophene rings is 1. The summed E-state index contributed by atoms with van der Waals surface area (Å²) in [4.78, 5) is 30.6. The summed E-state index contributed by atoms with van der Waals surface area (Å²) in [7, 11) is 1.66. The lowest BCUT2D eigenvalue weighted by molar-refractivity contribution is -0.132. The maximum Gasteiger partial charge on any atom is 0.291 e. The van der Waals surface area contributed by atoms with E-state index < -0.39 is 0 Å². The number of ether oxygens (including phenoxy) is 1. The fraction of sp³-hybridized carbons (Fsp3) is 0.286. The predicted molar refractivity (Wildman–Crippen MR) is 117 cm³/mol. The number of hydrogen-bond acceptors (Lipinski definition) is 6. The van der Waals surface area contributed by atoms with Gasteiger partial charge in [0.1, 0.15) is 29.0 Å². The van der Waals surface area contributed by atoms with Crippen molar-refractivity contribution in [3.8, 4) is 5.75 Å². The van der Waals surface area contributed by atoms with Gasteiger partial charge in [-0.15, -0.1) is 11.3 Å². The van der Waals surface area contributed by atoms with E-state index in [0.717, 1.165) is 21.7 Å². The van der Waals surface area contributed by atoms with Crippen LogP contribution in [0.1, 0.15) is 0 Å². The summed E-state index contributed by atoms with van der Waals surface area (Å²) in [5.41, 5.74) is 1.33. The van der Waals surface area contributed by atoms with Crippen LogP contribution in [0.2, 0.25) is 0 Å². The molecule has 4 aromatic rings. The highest BCUT2D eigenvalue weighted by molar-refractivity contribution is 7.16. The second kappa shape index (κ2) is 7.49. The molecule has 1 saturated heterocycles. The largest absolute Gasteiger partial charge is 0.495 e. The van der Waals surface area contributed by atoms with Crippen LogP contribution in [-0.2, 0) is 11.3 Å². The van der Waals surface area contributed by atoms with Gasteiger partial charge in [-0.05, 0) is 29.6 Å². The van der Waals surface area contributed by atoms with E-state index in [1.165, 1.54) is 4.68 Å². The Bertz CT molecular complexity index is 1280. The van der Waals surface area contributed by atoms with Crippen LogP contribution in [-0.4, -0.2) is 58.3 Å². The molecule has 0 N–H and O–H groups in total. The number of benzene rings is 1. The lowest BCUT2D eigenvalue weighted by Crippen LogP contribution is -2.50. The van der Waals surface area contributed by atoms with Crippen LogP contribution < -0.4 is 15.2 Å². The van der Waals surface area contributed by atoms with E-state index in [-0.39, 0.29) is 18.0 Å². The highest BCUT2D eigenvalue weighted by Crippen LogP contribution is 2.28. The van der Waals surface area contributed by atoms with Crippen molar-refractivity contribution < 1.29 is 9.53 Å². The molecule has 1 aliphatic heterocycles. The van der Waals surface area contributed by atoms with Crippen LogP contribution in [0.3, 0.4) is 0 Å². The predicted octanol–water partition coefficient (Wildman–Crippen LogP) is 2.07. The molecule has 0 aliphatic carbocycles. The zero-order chi connectivity index (χ0) is 20.7.